The number of ether oxygens (including phenoxy) is 2. The molecule has 5 nitrogen and oxygen atoms in total. The van der Waals surface area contributed by atoms with Crippen molar-refractivity contribution >= 4 is 18.3 Å². The smallest absolute Gasteiger partial charge is 0.255 e. The van der Waals surface area contributed by atoms with Gasteiger partial charge in [-0.25, -0.2) is 0 Å². The zero-order chi connectivity index (χ0) is 15.0. The third-order valence-corrected chi connectivity index (χ3v) is 2.53. The molecule has 0 saturated carbocycles. The van der Waals surface area contributed by atoms with E-state index >= 15 is 0 Å². The molecule has 0 heterocycles. The number of amides is 1. The molecule has 1 aromatic carbocycles. The van der Waals surface area contributed by atoms with Crippen molar-refractivity contribution in [1.82, 2.24) is 5.32 Å². The van der Waals surface area contributed by atoms with Gasteiger partial charge in [-0.2, -0.15) is 0 Å². The molecule has 0 radical (unpaired) electrons. The number of carbonyl (C=O) groups is 1. The van der Waals surface area contributed by atoms with Gasteiger partial charge in [-0.3, -0.25) is 4.79 Å². The SMILES string of the molecule is CCOCCOc1ccccc1C(=O)NCC(C)(C)N.Cl. The predicted octanol–water partition coefficient (Wildman–Crippen LogP) is 1.99. The number of carbonyl (C=O) groups excluding carboxylic acids is 1. The first-order chi connectivity index (χ1) is 9.44. The van der Waals surface area contributed by atoms with E-state index in [1.807, 2.05) is 26.8 Å². The minimum absolute atomic E-state index is 0. The molecular weight excluding hydrogens is 292 g/mol. The van der Waals surface area contributed by atoms with Crippen LogP contribution in [-0.2, 0) is 4.74 Å². The van der Waals surface area contributed by atoms with Gasteiger partial charge in [0.15, 0.2) is 0 Å². The van der Waals surface area contributed by atoms with Crippen LogP contribution in [0.1, 0.15) is 31.1 Å². The Hall–Kier alpha value is -1.30. The third kappa shape index (κ3) is 7.90. The van der Waals surface area contributed by atoms with Gasteiger partial charge in [0.25, 0.3) is 5.91 Å². The van der Waals surface area contributed by atoms with Crippen LogP contribution in [0.5, 0.6) is 5.75 Å². The molecule has 21 heavy (non-hydrogen) atoms. The topological polar surface area (TPSA) is 73.6 Å². The molecule has 1 rings (SSSR count). The summed E-state index contributed by atoms with van der Waals surface area (Å²) in [4.78, 5) is 12.1. The van der Waals surface area contributed by atoms with Gasteiger partial charge in [0.1, 0.15) is 12.4 Å². The fraction of sp³-hybridized carbons (Fsp3) is 0.533. The summed E-state index contributed by atoms with van der Waals surface area (Å²) in [6.45, 7) is 7.62. The van der Waals surface area contributed by atoms with E-state index in [2.05, 4.69) is 5.32 Å². The molecular formula is C15H25ClN2O3. The number of para-hydroxylation sites is 1. The summed E-state index contributed by atoms with van der Waals surface area (Å²) in [5.41, 5.74) is 5.91. The summed E-state index contributed by atoms with van der Waals surface area (Å²) < 4.78 is 10.8. The lowest BCUT2D eigenvalue weighted by atomic mass is 10.1. The lowest BCUT2D eigenvalue weighted by molar-refractivity contribution is 0.0929. The maximum atomic E-state index is 12.1. The minimum atomic E-state index is -0.444. The van der Waals surface area contributed by atoms with Crippen LogP contribution in [0.4, 0.5) is 0 Å². The molecule has 0 spiro atoms. The maximum absolute atomic E-state index is 12.1. The quantitative estimate of drug-likeness (QED) is 0.719. The summed E-state index contributed by atoms with van der Waals surface area (Å²) in [5, 5.41) is 2.81. The molecule has 3 N–H and O–H groups in total. The number of hydrogen-bond acceptors (Lipinski definition) is 4. The number of nitrogens with two attached hydrogens (primary N) is 1. The second kappa shape index (κ2) is 9.60. The average molecular weight is 317 g/mol. The van der Waals surface area contributed by atoms with Gasteiger partial charge in [-0.1, -0.05) is 12.1 Å². The van der Waals surface area contributed by atoms with Crippen molar-refractivity contribution in [3.63, 3.8) is 0 Å². The van der Waals surface area contributed by atoms with Crippen molar-refractivity contribution in [3.8, 4) is 5.75 Å². The van der Waals surface area contributed by atoms with Gasteiger partial charge in [0, 0.05) is 18.7 Å². The lowest BCUT2D eigenvalue weighted by Gasteiger charge is -2.19. The zero-order valence-electron chi connectivity index (χ0n) is 12.8. The molecule has 0 aliphatic rings. The van der Waals surface area contributed by atoms with Gasteiger partial charge in [-0.05, 0) is 32.9 Å². The number of rotatable bonds is 8. The highest BCUT2D eigenvalue weighted by molar-refractivity contribution is 5.96. The van der Waals surface area contributed by atoms with Crippen LogP contribution in [0.25, 0.3) is 0 Å². The third-order valence-electron chi connectivity index (χ3n) is 2.53. The Kier molecular flexibility index (Phi) is 9.01. The highest BCUT2D eigenvalue weighted by Crippen LogP contribution is 2.17. The predicted molar refractivity (Wildman–Crippen MR) is 86.3 cm³/mol. The highest BCUT2D eigenvalue weighted by atomic mass is 35.5. The Balaban J connectivity index is 0.00000400. The Morgan fingerprint density at radius 2 is 1.95 bits per heavy atom. The molecule has 0 saturated heterocycles. The summed E-state index contributed by atoms with van der Waals surface area (Å²) in [7, 11) is 0. The van der Waals surface area contributed by atoms with Gasteiger partial charge < -0.3 is 20.5 Å². The van der Waals surface area contributed by atoms with Gasteiger partial charge in [-0.15, -0.1) is 12.4 Å². The molecule has 120 valence electrons. The first kappa shape index (κ1) is 19.7. The van der Waals surface area contributed by atoms with Crippen LogP contribution >= 0.6 is 12.4 Å². The molecule has 1 aromatic rings. The molecule has 0 bridgehead atoms. The van der Waals surface area contributed by atoms with E-state index < -0.39 is 5.54 Å². The Morgan fingerprint density at radius 1 is 1.29 bits per heavy atom. The van der Waals surface area contributed by atoms with E-state index in [4.69, 9.17) is 15.2 Å². The van der Waals surface area contributed by atoms with Crippen molar-refractivity contribution in [2.75, 3.05) is 26.4 Å². The molecule has 0 unspecified atom stereocenters. The fourth-order valence-electron chi connectivity index (χ4n) is 1.54. The second-order valence-electron chi connectivity index (χ2n) is 5.21. The first-order valence-corrected chi connectivity index (χ1v) is 6.80. The van der Waals surface area contributed by atoms with Gasteiger partial charge in [0.05, 0.1) is 12.2 Å². The van der Waals surface area contributed by atoms with Crippen molar-refractivity contribution in [1.29, 1.82) is 0 Å². The van der Waals surface area contributed by atoms with E-state index in [-0.39, 0.29) is 18.3 Å². The van der Waals surface area contributed by atoms with Crippen LogP contribution < -0.4 is 15.8 Å². The van der Waals surface area contributed by atoms with Crippen LogP contribution in [0, 0.1) is 0 Å². The van der Waals surface area contributed by atoms with Crippen LogP contribution in [-0.4, -0.2) is 37.8 Å². The van der Waals surface area contributed by atoms with E-state index in [0.29, 0.717) is 37.7 Å². The Morgan fingerprint density at radius 3 is 2.57 bits per heavy atom. The molecule has 1 amide bonds. The average Bonchev–Trinajstić information content (AvgIpc) is 2.40. The molecule has 0 atom stereocenters. The Bertz CT molecular complexity index is 433. The number of hydrogen-bond donors (Lipinski definition) is 2. The first-order valence-electron chi connectivity index (χ1n) is 6.80. The van der Waals surface area contributed by atoms with Crippen LogP contribution in [0.15, 0.2) is 24.3 Å². The van der Waals surface area contributed by atoms with Gasteiger partial charge >= 0.3 is 0 Å². The summed E-state index contributed by atoms with van der Waals surface area (Å²) in [5.74, 6) is 0.370. The Labute approximate surface area is 132 Å². The van der Waals surface area contributed by atoms with Crippen LogP contribution in [0.2, 0.25) is 0 Å². The van der Waals surface area contributed by atoms with Crippen LogP contribution in [0.3, 0.4) is 0 Å². The molecule has 6 heteroatoms. The molecule has 0 aromatic heterocycles. The van der Waals surface area contributed by atoms with Crippen molar-refractivity contribution in [2.45, 2.75) is 26.3 Å². The molecule has 0 aliphatic carbocycles. The van der Waals surface area contributed by atoms with E-state index in [9.17, 15) is 4.79 Å². The standard InChI is InChI=1S/C15H24N2O3.ClH/c1-4-19-9-10-20-13-8-6-5-7-12(13)14(18)17-11-15(2,3)16;/h5-8H,4,9-11,16H2,1-3H3,(H,17,18);1H. The van der Waals surface area contributed by atoms with Crippen molar-refractivity contribution in [3.05, 3.63) is 29.8 Å². The fourth-order valence-corrected chi connectivity index (χ4v) is 1.54. The minimum Gasteiger partial charge on any atom is -0.490 e. The van der Waals surface area contributed by atoms with Crippen molar-refractivity contribution in [2.24, 2.45) is 5.73 Å². The zero-order valence-corrected chi connectivity index (χ0v) is 13.7. The second-order valence-corrected chi connectivity index (χ2v) is 5.21. The monoisotopic (exact) mass is 316 g/mol. The normalized spacial score (nSPS) is 10.7. The summed E-state index contributed by atoms with van der Waals surface area (Å²) >= 11 is 0. The maximum Gasteiger partial charge on any atom is 0.255 e. The van der Waals surface area contributed by atoms with Gasteiger partial charge in [0.2, 0.25) is 0 Å². The molecule has 0 aliphatic heterocycles. The van der Waals surface area contributed by atoms with E-state index in [1.54, 1.807) is 18.2 Å². The number of benzene rings is 1. The van der Waals surface area contributed by atoms with E-state index in [0.717, 1.165) is 0 Å². The summed E-state index contributed by atoms with van der Waals surface area (Å²) in [6, 6.07) is 7.14. The van der Waals surface area contributed by atoms with E-state index in [1.165, 1.54) is 0 Å². The highest BCUT2D eigenvalue weighted by Gasteiger charge is 2.16. The number of nitrogens with one attached hydrogen (secondary N) is 1. The largest absolute Gasteiger partial charge is 0.490 e. The summed E-state index contributed by atoms with van der Waals surface area (Å²) in [6.07, 6.45) is 0. The molecule has 0 fully saturated rings. The lowest BCUT2D eigenvalue weighted by Crippen LogP contribution is -2.45. The number of halogens is 1. The van der Waals surface area contributed by atoms with Crippen molar-refractivity contribution < 1.29 is 14.3 Å².